The Morgan fingerprint density at radius 2 is 1.74 bits per heavy atom. The van der Waals surface area contributed by atoms with Gasteiger partial charge >= 0.3 is 0 Å². The molecular weight excluding hydrogens is 238 g/mol. The average molecular weight is 257 g/mol. The standard InChI is InChI=1S/C16H19NO2/c1-12-5-3-4-6-15(12)19-16(11-17)13-7-9-14(18-2)10-8-13/h3-10,16H,11,17H2,1-2H3. The summed E-state index contributed by atoms with van der Waals surface area (Å²) in [4.78, 5) is 0. The normalized spacial score (nSPS) is 11.9. The van der Waals surface area contributed by atoms with Crippen LogP contribution in [0.1, 0.15) is 17.2 Å². The van der Waals surface area contributed by atoms with Gasteiger partial charge in [0.25, 0.3) is 0 Å². The van der Waals surface area contributed by atoms with Crippen LogP contribution in [0.3, 0.4) is 0 Å². The predicted molar refractivity (Wildman–Crippen MR) is 76.6 cm³/mol. The Morgan fingerprint density at radius 1 is 1.05 bits per heavy atom. The molecule has 0 amide bonds. The van der Waals surface area contributed by atoms with Crippen LogP contribution in [0.4, 0.5) is 0 Å². The fraction of sp³-hybridized carbons (Fsp3) is 0.250. The lowest BCUT2D eigenvalue weighted by molar-refractivity contribution is 0.212. The van der Waals surface area contributed by atoms with E-state index in [1.807, 2.05) is 55.5 Å². The summed E-state index contributed by atoms with van der Waals surface area (Å²) < 4.78 is 11.1. The van der Waals surface area contributed by atoms with E-state index in [0.29, 0.717) is 6.54 Å². The molecular formula is C16H19NO2. The second-order valence-corrected chi connectivity index (χ2v) is 4.38. The highest BCUT2D eigenvalue weighted by Crippen LogP contribution is 2.25. The minimum Gasteiger partial charge on any atom is -0.497 e. The highest BCUT2D eigenvalue weighted by Gasteiger charge is 2.12. The zero-order valence-electron chi connectivity index (χ0n) is 11.3. The van der Waals surface area contributed by atoms with Gasteiger partial charge in [0.2, 0.25) is 0 Å². The van der Waals surface area contributed by atoms with Crippen molar-refractivity contribution in [3.05, 3.63) is 59.7 Å². The highest BCUT2D eigenvalue weighted by atomic mass is 16.5. The maximum absolute atomic E-state index is 5.99. The summed E-state index contributed by atoms with van der Waals surface area (Å²) in [5.41, 5.74) is 7.97. The third kappa shape index (κ3) is 3.26. The van der Waals surface area contributed by atoms with Crippen LogP contribution in [-0.2, 0) is 0 Å². The number of ether oxygens (including phenoxy) is 2. The fourth-order valence-corrected chi connectivity index (χ4v) is 1.91. The summed E-state index contributed by atoms with van der Waals surface area (Å²) in [5.74, 6) is 1.70. The van der Waals surface area contributed by atoms with Crippen molar-refractivity contribution in [2.75, 3.05) is 13.7 Å². The second kappa shape index (κ2) is 6.25. The molecule has 0 spiro atoms. The summed E-state index contributed by atoms with van der Waals surface area (Å²) in [6.07, 6.45) is -0.146. The maximum Gasteiger partial charge on any atom is 0.136 e. The Balaban J connectivity index is 2.17. The number of nitrogens with two attached hydrogens (primary N) is 1. The molecule has 0 aliphatic rings. The second-order valence-electron chi connectivity index (χ2n) is 4.38. The van der Waals surface area contributed by atoms with Crippen molar-refractivity contribution in [1.82, 2.24) is 0 Å². The monoisotopic (exact) mass is 257 g/mol. The van der Waals surface area contributed by atoms with Crippen molar-refractivity contribution in [3.63, 3.8) is 0 Å². The summed E-state index contributed by atoms with van der Waals surface area (Å²) in [5, 5.41) is 0. The van der Waals surface area contributed by atoms with E-state index >= 15 is 0 Å². The van der Waals surface area contributed by atoms with Crippen molar-refractivity contribution in [3.8, 4) is 11.5 Å². The average Bonchev–Trinajstić information content (AvgIpc) is 2.47. The lowest BCUT2D eigenvalue weighted by Gasteiger charge is -2.19. The van der Waals surface area contributed by atoms with Gasteiger partial charge in [0, 0.05) is 6.54 Å². The molecule has 0 aromatic heterocycles. The topological polar surface area (TPSA) is 44.5 Å². The van der Waals surface area contributed by atoms with Crippen LogP contribution < -0.4 is 15.2 Å². The molecule has 0 heterocycles. The molecule has 0 bridgehead atoms. The molecule has 0 saturated heterocycles. The molecule has 0 aliphatic carbocycles. The van der Waals surface area contributed by atoms with Crippen LogP contribution >= 0.6 is 0 Å². The number of hydrogen-bond acceptors (Lipinski definition) is 3. The van der Waals surface area contributed by atoms with Crippen molar-refractivity contribution in [1.29, 1.82) is 0 Å². The van der Waals surface area contributed by atoms with Crippen LogP contribution in [-0.4, -0.2) is 13.7 Å². The van der Waals surface area contributed by atoms with Gasteiger partial charge in [0.1, 0.15) is 17.6 Å². The molecule has 1 unspecified atom stereocenters. The first-order valence-electron chi connectivity index (χ1n) is 6.31. The molecule has 2 aromatic rings. The van der Waals surface area contributed by atoms with Gasteiger partial charge in [0.15, 0.2) is 0 Å². The minimum atomic E-state index is -0.146. The Hall–Kier alpha value is -2.00. The van der Waals surface area contributed by atoms with Gasteiger partial charge in [0.05, 0.1) is 7.11 Å². The van der Waals surface area contributed by atoms with Gasteiger partial charge in [-0.05, 0) is 36.2 Å². The lowest BCUT2D eigenvalue weighted by Crippen LogP contribution is -2.18. The molecule has 2 rings (SSSR count). The number of aryl methyl sites for hydroxylation is 1. The molecule has 0 saturated carbocycles. The quantitative estimate of drug-likeness (QED) is 0.895. The fourth-order valence-electron chi connectivity index (χ4n) is 1.91. The molecule has 3 nitrogen and oxygen atoms in total. The van der Waals surface area contributed by atoms with Gasteiger partial charge in [-0.15, -0.1) is 0 Å². The molecule has 100 valence electrons. The molecule has 2 aromatic carbocycles. The Bertz CT molecular complexity index is 523. The van der Waals surface area contributed by atoms with Crippen molar-refractivity contribution in [2.24, 2.45) is 5.73 Å². The zero-order valence-corrected chi connectivity index (χ0v) is 11.3. The van der Waals surface area contributed by atoms with Crippen LogP contribution in [0, 0.1) is 6.92 Å². The van der Waals surface area contributed by atoms with Crippen molar-refractivity contribution in [2.45, 2.75) is 13.0 Å². The van der Waals surface area contributed by atoms with Crippen LogP contribution in [0.5, 0.6) is 11.5 Å². The first-order chi connectivity index (χ1) is 9.24. The molecule has 2 N–H and O–H groups in total. The van der Waals surface area contributed by atoms with Gasteiger partial charge in [-0.3, -0.25) is 0 Å². The number of methoxy groups -OCH3 is 1. The van der Waals surface area contributed by atoms with Crippen LogP contribution in [0.2, 0.25) is 0 Å². The predicted octanol–water partition coefficient (Wildman–Crippen LogP) is 3.08. The maximum atomic E-state index is 5.99. The number of hydrogen-bond donors (Lipinski definition) is 1. The van der Waals surface area contributed by atoms with E-state index in [-0.39, 0.29) is 6.10 Å². The van der Waals surface area contributed by atoms with Crippen molar-refractivity contribution < 1.29 is 9.47 Å². The van der Waals surface area contributed by atoms with E-state index in [4.69, 9.17) is 15.2 Å². The highest BCUT2D eigenvalue weighted by molar-refractivity contribution is 5.34. The van der Waals surface area contributed by atoms with Crippen LogP contribution in [0.25, 0.3) is 0 Å². The largest absolute Gasteiger partial charge is 0.497 e. The molecule has 0 aliphatic heterocycles. The molecule has 19 heavy (non-hydrogen) atoms. The first kappa shape index (κ1) is 13.4. The summed E-state index contributed by atoms with van der Waals surface area (Å²) in [6.45, 7) is 2.46. The smallest absolute Gasteiger partial charge is 0.136 e. The Kier molecular flexibility index (Phi) is 4.42. The SMILES string of the molecule is COc1ccc(C(CN)Oc2ccccc2C)cc1. The summed E-state index contributed by atoms with van der Waals surface area (Å²) >= 11 is 0. The van der Waals surface area contributed by atoms with Gasteiger partial charge in [-0.25, -0.2) is 0 Å². The summed E-state index contributed by atoms with van der Waals surface area (Å²) in [7, 11) is 1.65. The number of rotatable bonds is 5. The van der Waals surface area contributed by atoms with Gasteiger partial charge in [-0.1, -0.05) is 30.3 Å². The third-order valence-corrected chi connectivity index (χ3v) is 3.06. The third-order valence-electron chi connectivity index (χ3n) is 3.06. The van der Waals surface area contributed by atoms with E-state index in [1.54, 1.807) is 7.11 Å². The van der Waals surface area contributed by atoms with E-state index < -0.39 is 0 Å². The molecule has 3 heteroatoms. The molecule has 0 radical (unpaired) electrons. The van der Waals surface area contributed by atoms with Gasteiger partial charge < -0.3 is 15.2 Å². The number of benzene rings is 2. The van der Waals surface area contributed by atoms with E-state index in [2.05, 4.69) is 0 Å². The molecule has 0 fully saturated rings. The zero-order chi connectivity index (χ0) is 13.7. The van der Waals surface area contributed by atoms with E-state index in [0.717, 1.165) is 22.6 Å². The first-order valence-corrected chi connectivity index (χ1v) is 6.31. The summed E-state index contributed by atoms with van der Waals surface area (Å²) in [6, 6.07) is 15.7. The molecule has 1 atom stereocenters. The lowest BCUT2D eigenvalue weighted by atomic mass is 10.1. The van der Waals surface area contributed by atoms with Crippen molar-refractivity contribution >= 4 is 0 Å². The van der Waals surface area contributed by atoms with E-state index in [9.17, 15) is 0 Å². The Morgan fingerprint density at radius 3 is 2.32 bits per heavy atom. The number of para-hydroxylation sites is 1. The van der Waals surface area contributed by atoms with E-state index in [1.165, 1.54) is 0 Å². The van der Waals surface area contributed by atoms with Gasteiger partial charge in [-0.2, -0.15) is 0 Å². The van der Waals surface area contributed by atoms with Crippen LogP contribution in [0.15, 0.2) is 48.5 Å². The Labute approximate surface area is 114 Å². The minimum absolute atomic E-state index is 0.146.